The van der Waals surface area contributed by atoms with Gasteiger partial charge >= 0.3 is 0 Å². The summed E-state index contributed by atoms with van der Waals surface area (Å²) in [5, 5.41) is 10.4. The van der Waals surface area contributed by atoms with Crippen molar-refractivity contribution in [1.82, 2.24) is 0 Å². The van der Waals surface area contributed by atoms with Gasteiger partial charge in [-0.2, -0.15) is 0 Å². The Labute approximate surface area is 120 Å². The number of carbonyl (C=O) groups is 1. The average Bonchev–Trinajstić information content (AvgIpc) is 2.26. The van der Waals surface area contributed by atoms with Crippen molar-refractivity contribution >= 4 is 53.2 Å². The number of Topliss-reactive ketones (excluding diaryl/α,β-unsaturated/α-hetero) is 1. The number of rotatable bonds is 4. The monoisotopic (exact) mass is 399 g/mol. The molecule has 0 aliphatic heterocycles. The summed E-state index contributed by atoms with van der Waals surface area (Å²) in [6, 6.07) is 4.66. The average molecular weight is 401 g/mol. The predicted octanol–water partition coefficient (Wildman–Crippen LogP) is 2.27. The van der Waals surface area contributed by atoms with Gasteiger partial charge in [0, 0.05) is 24.0 Å². The second kappa shape index (κ2) is 5.06. The Hall–Kier alpha value is -0.800. The molecule has 0 amide bonds. The molecule has 1 aromatic rings. The number of sulfone groups is 1. The molecule has 0 aromatic heterocycles. The smallest absolute Gasteiger partial charge is 0.269 e. The normalized spacial score (nSPS) is 12.2. The second-order valence-electron chi connectivity index (χ2n) is 3.42. The maximum Gasteiger partial charge on any atom is 0.269 e. The predicted molar refractivity (Wildman–Crippen MR) is 72.9 cm³/mol. The Balaban J connectivity index is 3.17. The van der Waals surface area contributed by atoms with Crippen molar-refractivity contribution in [3.8, 4) is 0 Å². The van der Waals surface area contributed by atoms with Crippen molar-refractivity contribution in [3.05, 3.63) is 39.9 Å². The highest BCUT2D eigenvalue weighted by Crippen LogP contribution is 2.36. The van der Waals surface area contributed by atoms with E-state index in [1.165, 1.54) is 12.1 Å². The molecule has 9 heteroatoms. The molecule has 0 unspecified atom stereocenters. The van der Waals surface area contributed by atoms with E-state index in [1.807, 2.05) is 0 Å². The quantitative estimate of drug-likeness (QED) is 0.334. The Kier molecular flexibility index (Phi) is 4.29. The molecule has 0 aliphatic rings. The summed E-state index contributed by atoms with van der Waals surface area (Å²) in [7, 11) is -3.73. The van der Waals surface area contributed by atoms with Gasteiger partial charge in [-0.1, -0.05) is 0 Å². The summed E-state index contributed by atoms with van der Waals surface area (Å²) in [5.41, 5.74) is -0.138. The third kappa shape index (κ3) is 2.96. The summed E-state index contributed by atoms with van der Waals surface area (Å²) < 4.78 is 20.9. The number of non-ortho nitro benzene ring substituents is 1. The van der Waals surface area contributed by atoms with Gasteiger partial charge in [-0.05, 0) is 44.0 Å². The molecule has 1 aromatic carbocycles. The van der Waals surface area contributed by atoms with Crippen molar-refractivity contribution in [2.45, 2.75) is 2.57 Å². The number of hydrogen-bond donors (Lipinski definition) is 0. The summed E-state index contributed by atoms with van der Waals surface area (Å²) in [6.45, 7) is 0. The van der Waals surface area contributed by atoms with Gasteiger partial charge in [-0.15, -0.1) is 0 Å². The van der Waals surface area contributed by atoms with E-state index < -0.39 is 23.1 Å². The number of carbonyl (C=O) groups excluding carboxylic acids is 1. The topological polar surface area (TPSA) is 94.3 Å². The van der Waals surface area contributed by atoms with Gasteiger partial charge in [0.2, 0.25) is 8.35 Å². The van der Waals surface area contributed by atoms with Crippen LogP contribution in [0, 0.1) is 10.1 Å². The lowest BCUT2D eigenvalue weighted by atomic mass is 10.1. The fourth-order valence-corrected chi connectivity index (χ4v) is 1.98. The Morgan fingerprint density at radius 3 is 2.06 bits per heavy atom. The van der Waals surface area contributed by atoms with Gasteiger partial charge in [-0.25, -0.2) is 8.42 Å². The molecule has 0 aliphatic carbocycles. The van der Waals surface area contributed by atoms with E-state index in [9.17, 15) is 23.3 Å². The van der Waals surface area contributed by atoms with Crippen LogP contribution in [0.5, 0.6) is 0 Å². The van der Waals surface area contributed by atoms with Crippen LogP contribution in [-0.4, -0.2) is 27.9 Å². The highest BCUT2D eigenvalue weighted by Gasteiger charge is 2.43. The molecule has 0 saturated carbocycles. The van der Waals surface area contributed by atoms with E-state index in [0.29, 0.717) is 0 Å². The van der Waals surface area contributed by atoms with E-state index in [1.54, 1.807) is 0 Å². The van der Waals surface area contributed by atoms with Gasteiger partial charge in [0.15, 0.2) is 9.84 Å². The molecule has 0 saturated heterocycles. The van der Waals surface area contributed by atoms with E-state index >= 15 is 0 Å². The van der Waals surface area contributed by atoms with Crippen LogP contribution in [0.15, 0.2) is 24.3 Å². The third-order valence-corrected chi connectivity index (χ3v) is 7.44. The van der Waals surface area contributed by atoms with E-state index in [2.05, 4.69) is 31.9 Å². The molecule has 6 nitrogen and oxygen atoms in total. The molecule has 0 atom stereocenters. The maximum atomic E-state index is 12.0. The van der Waals surface area contributed by atoms with E-state index in [4.69, 9.17) is 0 Å². The van der Waals surface area contributed by atoms with Crippen LogP contribution in [-0.2, 0) is 9.84 Å². The molecule has 0 radical (unpaired) electrons. The highest BCUT2D eigenvalue weighted by atomic mass is 79.9. The standard InChI is InChI=1S/C9H7Br2NO5S/c1-18(16,17)9(10,11)8(13)6-2-4-7(5-3-6)12(14)15/h2-5H,1H3. The van der Waals surface area contributed by atoms with Crippen LogP contribution >= 0.6 is 31.9 Å². The largest absolute Gasteiger partial charge is 0.290 e. The first-order valence-electron chi connectivity index (χ1n) is 4.44. The van der Waals surface area contributed by atoms with Gasteiger partial charge in [0.05, 0.1) is 4.92 Å². The number of hydrogen-bond acceptors (Lipinski definition) is 5. The second-order valence-corrected chi connectivity index (χ2v) is 10.1. The fourth-order valence-electron chi connectivity index (χ4n) is 1.07. The first-order chi connectivity index (χ1) is 8.07. The molecule has 0 N–H and O–H groups in total. The minimum Gasteiger partial charge on any atom is -0.290 e. The Bertz CT molecular complexity index is 594. The van der Waals surface area contributed by atoms with Gasteiger partial charge in [-0.3, -0.25) is 14.9 Å². The molecular weight excluding hydrogens is 394 g/mol. The lowest BCUT2D eigenvalue weighted by molar-refractivity contribution is -0.384. The van der Waals surface area contributed by atoms with Crippen molar-refractivity contribution < 1.29 is 18.1 Å². The minimum absolute atomic E-state index is 0.0415. The van der Waals surface area contributed by atoms with Crippen LogP contribution in [0.3, 0.4) is 0 Å². The number of nitro groups is 1. The summed E-state index contributed by atoms with van der Waals surface area (Å²) in [5.74, 6) is -0.750. The zero-order valence-electron chi connectivity index (χ0n) is 8.96. The van der Waals surface area contributed by atoms with Gasteiger partial charge in [0.25, 0.3) is 5.69 Å². The molecule has 98 valence electrons. The lowest BCUT2D eigenvalue weighted by Gasteiger charge is -2.16. The number of nitrogens with zero attached hydrogens (tertiary/aromatic N) is 1. The zero-order valence-corrected chi connectivity index (χ0v) is 13.0. The Morgan fingerprint density at radius 1 is 1.28 bits per heavy atom. The van der Waals surface area contributed by atoms with Gasteiger partial charge < -0.3 is 0 Å². The first kappa shape index (κ1) is 15.3. The Morgan fingerprint density at radius 2 is 1.72 bits per heavy atom. The number of ketones is 1. The zero-order chi connectivity index (χ0) is 14.1. The first-order valence-corrected chi connectivity index (χ1v) is 7.92. The number of nitro benzene ring substituents is 1. The van der Waals surface area contributed by atoms with Crippen LogP contribution in [0.2, 0.25) is 0 Å². The van der Waals surface area contributed by atoms with Crippen molar-refractivity contribution in [3.63, 3.8) is 0 Å². The molecule has 18 heavy (non-hydrogen) atoms. The fraction of sp³-hybridized carbons (Fsp3) is 0.222. The lowest BCUT2D eigenvalue weighted by Crippen LogP contribution is -2.33. The maximum absolute atomic E-state index is 12.0. The molecule has 0 bridgehead atoms. The van der Waals surface area contributed by atoms with Gasteiger partial charge in [0.1, 0.15) is 0 Å². The molecule has 0 fully saturated rings. The summed E-state index contributed by atoms with van der Waals surface area (Å²) in [4.78, 5) is 21.8. The highest BCUT2D eigenvalue weighted by molar-refractivity contribution is 9.28. The molecule has 1 rings (SSSR count). The van der Waals surface area contributed by atoms with Crippen LogP contribution < -0.4 is 0 Å². The molecule has 0 heterocycles. The van der Waals surface area contributed by atoms with E-state index in [0.717, 1.165) is 18.4 Å². The van der Waals surface area contributed by atoms with Crippen LogP contribution in [0.25, 0.3) is 0 Å². The third-order valence-electron chi connectivity index (χ3n) is 2.07. The number of alkyl halides is 2. The minimum atomic E-state index is -3.73. The van der Waals surface area contributed by atoms with Crippen molar-refractivity contribution in [2.75, 3.05) is 6.26 Å². The van der Waals surface area contributed by atoms with Crippen molar-refractivity contribution in [2.24, 2.45) is 0 Å². The SMILES string of the molecule is CS(=O)(=O)C(Br)(Br)C(=O)c1ccc([N+](=O)[O-])cc1. The number of halogens is 2. The van der Waals surface area contributed by atoms with Crippen molar-refractivity contribution in [1.29, 1.82) is 0 Å². The molecule has 0 spiro atoms. The summed E-state index contributed by atoms with van der Waals surface area (Å²) in [6.07, 6.45) is 0.889. The number of benzene rings is 1. The summed E-state index contributed by atoms with van der Waals surface area (Å²) >= 11 is 5.59. The van der Waals surface area contributed by atoms with Crippen LogP contribution in [0.1, 0.15) is 10.4 Å². The van der Waals surface area contributed by atoms with E-state index in [-0.39, 0.29) is 11.3 Å². The molecular formula is C9H7Br2NO5S. The van der Waals surface area contributed by atoms with Crippen LogP contribution in [0.4, 0.5) is 5.69 Å².